The van der Waals surface area contributed by atoms with Gasteiger partial charge in [0.05, 0.1) is 6.04 Å². The molecule has 0 radical (unpaired) electrons. The second kappa shape index (κ2) is 6.28. The fourth-order valence-electron chi connectivity index (χ4n) is 2.81. The summed E-state index contributed by atoms with van der Waals surface area (Å²) < 4.78 is 0. The second-order valence-electron chi connectivity index (χ2n) is 5.94. The van der Waals surface area contributed by atoms with Gasteiger partial charge in [0.25, 0.3) is 0 Å². The van der Waals surface area contributed by atoms with Gasteiger partial charge in [0.1, 0.15) is 11.6 Å². The summed E-state index contributed by atoms with van der Waals surface area (Å²) in [6.07, 6.45) is 2.10. The Labute approximate surface area is 126 Å². The highest BCUT2D eigenvalue weighted by Crippen LogP contribution is 2.21. The van der Waals surface area contributed by atoms with E-state index in [4.69, 9.17) is 0 Å². The maximum Gasteiger partial charge on any atom is 0.319 e. The summed E-state index contributed by atoms with van der Waals surface area (Å²) in [5, 5.41) is 0. The van der Waals surface area contributed by atoms with Gasteiger partial charge in [-0.05, 0) is 26.7 Å². The Morgan fingerprint density at radius 3 is 2.62 bits per heavy atom. The van der Waals surface area contributed by atoms with Gasteiger partial charge >= 0.3 is 6.03 Å². The number of carbonyl (C=O) groups excluding carboxylic acids is 1. The lowest BCUT2D eigenvalue weighted by Crippen LogP contribution is -2.51. The maximum atomic E-state index is 12.1. The molecule has 0 bridgehead atoms. The molecule has 1 unspecified atom stereocenters. The molecule has 21 heavy (non-hydrogen) atoms. The molecule has 6 heteroatoms. The van der Waals surface area contributed by atoms with Gasteiger partial charge in [0, 0.05) is 46.0 Å². The molecule has 0 saturated carbocycles. The van der Waals surface area contributed by atoms with Crippen LogP contribution in [0.2, 0.25) is 0 Å². The van der Waals surface area contributed by atoms with Crippen molar-refractivity contribution in [3.63, 3.8) is 0 Å². The van der Waals surface area contributed by atoms with E-state index < -0.39 is 0 Å². The molecule has 2 rings (SSSR count). The van der Waals surface area contributed by atoms with E-state index in [9.17, 15) is 4.79 Å². The highest BCUT2D eigenvalue weighted by atomic mass is 16.2. The zero-order valence-corrected chi connectivity index (χ0v) is 13.6. The van der Waals surface area contributed by atoms with Crippen LogP contribution >= 0.6 is 0 Å². The van der Waals surface area contributed by atoms with E-state index in [0.717, 1.165) is 43.3 Å². The number of likely N-dealkylation sites (N-methyl/N-ethyl adjacent to an activating group) is 1. The summed E-state index contributed by atoms with van der Waals surface area (Å²) in [6.45, 7) is 5.71. The van der Waals surface area contributed by atoms with Crippen LogP contribution in [0.1, 0.15) is 24.4 Å². The molecule has 2 heterocycles. The van der Waals surface area contributed by atoms with Crippen molar-refractivity contribution in [1.29, 1.82) is 0 Å². The minimum Gasteiger partial charge on any atom is -0.354 e. The summed E-state index contributed by atoms with van der Waals surface area (Å²) >= 11 is 0. The number of carbonyl (C=O) groups is 1. The Hall–Kier alpha value is -1.85. The van der Waals surface area contributed by atoms with E-state index in [1.807, 2.05) is 31.9 Å². The van der Waals surface area contributed by atoms with Crippen LogP contribution in [0.25, 0.3) is 0 Å². The lowest BCUT2D eigenvalue weighted by atomic mass is 10.0. The molecule has 1 fully saturated rings. The number of urea groups is 1. The fourth-order valence-corrected chi connectivity index (χ4v) is 2.81. The Kier molecular flexibility index (Phi) is 4.65. The SMILES string of the molecule is Cc1cc(N2CCCC(N(C)C(=O)N(C)C)C2)nc(C)n1. The normalized spacial score (nSPS) is 18.5. The van der Waals surface area contributed by atoms with Crippen LogP contribution in [0.15, 0.2) is 6.07 Å². The van der Waals surface area contributed by atoms with Gasteiger partial charge in [-0.25, -0.2) is 14.8 Å². The Balaban J connectivity index is 2.12. The third kappa shape index (κ3) is 3.62. The van der Waals surface area contributed by atoms with Gasteiger partial charge in [-0.2, -0.15) is 0 Å². The van der Waals surface area contributed by atoms with Crippen LogP contribution in [0, 0.1) is 13.8 Å². The minimum absolute atomic E-state index is 0.0527. The van der Waals surface area contributed by atoms with E-state index in [1.165, 1.54) is 0 Å². The first kappa shape index (κ1) is 15.5. The van der Waals surface area contributed by atoms with Gasteiger partial charge in [0.2, 0.25) is 0 Å². The number of hydrogen-bond acceptors (Lipinski definition) is 4. The summed E-state index contributed by atoms with van der Waals surface area (Å²) in [6, 6.07) is 2.30. The largest absolute Gasteiger partial charge is 0.354 e. The number of anilines is 1. The first-order valence-electron chi connectivity index (χ1n) is 7.40. The van der Waals surface area contributed by atoms with Gasteiger partial charge in [-0.1, -0.05) is 0 Å². The lowest BCUT2D eigenvalue weighted by molar-refractivity contribution is 0.157. The second-order valence-corrected chi connectivity index (χ2v) is 5.94. The van der Waals surface area contributed by atoms with Crippen LogP contribution in [0.5, 0.6) is 0 Å². The van der Waals surface area contributed by atoms with E-state index in [-0.39, 0.29) is 12.1 Å². The van der Waals surface area contributed by atoms with E-state index in [2.05, 4.69) is 14.9 Å². The monoisotopic (exact) mass is 291 g/mol. The smallest absolute Gasteiger partial charge is 0.319 e. The number of aryl methyl sites for hydroxylation is 2. The minimum atomic E-state index is 0.0527. The highest BCUT2D eigenvalue weighted by Gasteiger charge is 2.27. The number of piperidine rings is 1. The van der Waals surface area contributed by atoms with Crippen molar-refractivity contribution in [3.05, 3.63) is 17.6 Å². The van der Waals surface area contributed by atoms with Crippen LogP contribution in [-0.2, 0) is 0 Å². The summed E-state index contributed by atoms with van der Waals surface area (Å²) in [7, 11) is 5.46. The van der Waals surface area contributed by atoms with E-state index in [0.29, 0.717) is 0 Å². The first-order valence-corrected chi connectivity index (χ1v) is 7.40. The predicted molar refractivity (Wildman–Crippen MR) is 83.6 cm³/mol. The van der Waals surface area contributed by atoms with Crippen molar-refractivity contribution < 1.29 is 4.79 Å². The predicted octanol–water partition coefficient (Wildman–Crippen LogP) is 1.68. The first-order chi connectivity index (χ1) is 9.88. The average molecular weight is 291 g/mol. The van der Waals surface area contributed by atoms with E-state index in [1.54, 1.807) is 19.0 Å². The van der Waals surface area contributed by atoms with Crippen molar-refractivity contribution >= 4 is 11.8 Å². The quantitative estimate of drug-likeness (QED) is 0.832. The number of aromatic nitrogens is 2. The Bertz CT molecular complexity index is 497. The summed E-state index contributed by atoms with van der Waals surface area (Å²) in [5.74, 6) is 1.76. The zero-order chi connectivity index (χ0) is 15.6. The van der Waals surface area contributed by atoms with Crippen LogP contribution in [0.3, 0.4) is 0 Å². The van der Waals surface area contributed by atoms with Gasteiger partial charge in [-0.3, -0.25) is 0 Å². The average Bonchev–Trinajstić information content (AvgIpc) is 2.44. The van der Waals surface area contributed by atoms with Crippen molar-refractivity contribution in [3.8, 4) is 0 Å². The summed E-state index contributed by atoms with van der Waals surface area (Å²) in [5.41, 5.74) is 0.984. The molecular weight excluding hydrogens is 266 g/mol. The third-order valence-electron chi connectivity index (χ3n) is 3.91. The fraction of sp³-hybridized carbons (Fsp3) is 0.667. The Morgan fingerprint density at radius 1 is 1.29 bits per heavy atom. The van der Waals surface area contributed by atoms with Crippen molar-refractivity contribution in [2.75, 3.05) is 39.1 Å². The van der Waals surface area contributed by atoms with Crippen LogP contribution < -0.4 is 4.90 Å². The molecule has 1 aliphatic heterocycles. The van der Waals surface area contributed by atoms with E-state index >= 15 is 0 Å². The molecular formula is C15H25N5O. The lowest BCUT2D eigenvalue weighted by Gasteiger charge is -2.39. The maximum absolute atomic E-state index is 12.1. The molecule has 2 amide bonds. The van der Waals surface area contributed by atoms with Crippen molar-refractivity contribution in [2.24, 2.45) is 0 Å². The van der Waals surface area contributed by atoms with Crippen molar-refractivity contribution in [2.45, 2.75) is 32.7 Å². The summed E-state index contributed by atoms with van der Waals surface area (Å²) in [4.78, 5) is 26.7. The number of hydrogen-bond donors (Lipinski definition) is 0. The number of amides is 2. The third-order valence-corrected chi connectivity index (χ3v) is 3.91. The number of nitrogens with zero attached hydrogens (tertiary/aromatic N) is 5. The Morgan fingerprint density at radius 2 is 2.00 bits per heavy atom. The van der Waals surface area contributed by atoms with Crippen LogP contribution in [0.4, 0.5) is 10.6 Å². The highest BCUT2D eigenvalue weighted by molar-refractivity contribution is 5.74. The molecule has 1 aliphatic rings. The molecule has 1 aromatic rings. The van der Waals surface area contributed by atoms with Gasteiger partial charge in [-0.15, -0.1) is 0 Å². The van der Waals surface area contributed by atoms with Gasteiger partial charge in [0.15, 0.2) is 0 Å². The van der Waals surface area contributed by atoms with Gasteiger partial charge < -0.3 is 14.7 Å². The van der Waals surface area contributed by atoms with Crippen LogP contribution in [-0.4, -0.2) is 66.1 Å². The number of rotatable bonds is 2. The molecule has 116 valence electrons. The standard InChI is InChI=1S/C15H25N5O/c1-11-9-14(17-12(2)16-11)20-8-6-7-13(10-20)19(5)15(21)18(3)4/h9,13H,6-8,10H2,1-5H3. The molecule has 1 aromatic heterocycles. The molecule has 1 atom stereocenters. The zero-order valence-electron chi connectivity index (χ0n) is 13.6. The molecule has 0 aliphatic carbocycles. The molecule has 0 aromatic carbocycles. The molecule has 6 nitrogen and oxygen atoms in total. The van der Waals surface area contributed by atoms with Crippen molar-refractivity contribution in [1.82, 2.24) is 19.8 Å². The molecule has 0 N–H and O–H groups in total. The molecule has 0 spiro atoms. The topological polar surface area (TPSA) is 52.6 Å². The molecule has 1 saturated heterocycles.